The van der Waals surface area contributed by atoms with E-state index < -0.39 is 5.97 Å². The van der Waals surface area contributed by atoms with Gasteiger partial charge in [-0.3, -0.25) is 0 Å². The summed E-state index contributed by atoms with van der Waals surface area (Å²) in [6.07, 6.45) is 0. The number of hydrogen-bond acceptors (Lipinski definition) is 1. The lowest BCUT2D eigenvalue weighted by Gasteiger charge is -2.20. The molecule has 18 heavy (non-hydrogen) atoms. The molecule has 2 N–H and O–H groups in total. The summed E-state index contributed by atoms with van der Waals surface area (Å²) >= 11 is 0. The second-order valence-corrected chi connectivity index (χ2v) is 5.88. The van der Waals surface area contributed by atoms with Crippen LogP contribution in [0.4, 0.5) is 0 Å². The molecule has 2 rings (SSSR count). The first kappa shape index (κ1) is 12.7. The molecule has 1 heterocycles. The van der Waals surface area contributed by atoms with Crippen molar-refractivity contribution < 1.29 is 9.90 Å². The maximum absolute atomic E-state index is 11.4. The van der Waals surface area contributed by atoms with E-state index in [4.69, 9.17) is 0 Å². The van der Waals surface area contributed by atoms with E-state index in [1.54, 1.807) is 6.07 Å². The highest BCUT2D eigenvalue weighted by atomic mass is 16.4. The molecule has 0 saturated heterocycles. The fourth-order valence-corrected chi connectivity index (χ4v) is 2.16. The van der Waals surface area contributed by atoms with Gasteiger partial charge in [-0.25, -0.2) is 4.79 Å². The SMILES string of the molecule is Cc1[nH]c2c(C(=O)O)cc(C(C)(C)C)cc2c1C. The number of carboxylic acid groups (broad SMARTS) is 1. The van der Waals surface area contributed by atoms with E-state index in [2.05, 4.69) is 31.8 Å². The number of aromatic carboxylic acids is 1. The van der Waals surface area contributed by atoms with Crippen molar-refractivity contribution >= 4 is 16.9 Å². The van der Waals surface area contributed by atoms with E-state index in [1.807, 2.05) is 13.8 Å². The molecule has 0 bridgehead atoms. The molecular formula is C15H19NO2. The first-order valence-corrected chi connectivity index (χ1v) is 6.08. The number of aromatic nitrogens is 1. The van der Waals surface area contributed by atoms with Crippen LogP contribution in [0.1, 0.15) is 48.0 Å². The topological polar surface area (TPSA) is 53.1 Å². The van der Waals surface area contributed by atoms with E-state index in [0.717, 1.165) is 27.7 Å². The molecule has 0 atom stereocenters. The van der Waals surface area contributed by atoms with Gasteiger partial charge in [-0.15, -0.1) is 0 Å². The van der Waals surface area contributed by atoms with Crippen LogP contribution in [0.15, 0.2) is 12.1 Å². The number of carbonyl (C=O) groups is 1. The number of aryl methyl sites for hydroxylation is 2. The Bertz CT molecular complexity index is 630. The lowest BCUT2D eigenvalue weighted by Crippen LogP contribution is -2.12. The molecule has 3 nitrogen and oxygen atoms in total. The number of benzene rings is 1. The normalized spacial score (nSPS) is 12.1. The summed E-state index contributed by atoms with van der Waals surface area (Å²) in [6.45, 7) is 10.3. The van der Waals surface area contributed by atoms with Gasteiger partial charge in [0.25, 0.3) is 0 Å². The number of H-pyrrole nitrogens is 1. The molecule has 2 aromatic rings. The largest absolute Gasteiger partial charge is 0.478 e. The van der Waals surface area contributed by atoms with E-state index in [9.17, 15) is 9.90 Å². The number of hydrogen-bond donors (Lipinski definition) is 2. The molecule has 0 aliphatic heterocycles. The second-order valence-electron chi connectivity index (χ2n) is 5.88. The van der Waals surface area contributed by atoms with Crippen molar-refractivity contribution in [2.75, 3.05) is 0 Å². The lowest BCUT2D eigenvalue weighted by molar-refractivity contribution is 0.0698. The van der Waals surface area contributed by atoms with Gasteiger partial charge in [0, 0.05) is 11.1 Å². The van der Waals surface area contributed by atoms with Crippen molar-refractivity contribution in [1.29, 1.82) is 0 Å². The molecule has 96 valence electrons. The highest BCUT2D eigenvalue weighted by Crippen LogP contribution is 2.31. The third-order valence-electron chi connectivity index (χ3n) is 3.51. The standard InChI is InChI=1S/C15H19NO2/c1-8-9(2)16-13-11(8)6-10(15(3,4)5)7-12(13)14(17)18/h6-7,16H,1-5H3,(H,17,18). The van der Waals surface area contributed by atoms with Gasteiger partial charge in [0.15, 0.2) is 0 Å². The van der Waals surface area contributed by atoms with Gasteiger partial charge >= 0.3 is 5.97 Å². The average Bonchev–Trinajstić information content (AvgIpc) is 2.52. The molecule has 0 fully saturated rings. The third-order valence-corrected chi connectivity index (χ3v) is 3.51. The summed E-state index contributed by atoms with van der Waals surface area (Å²) in [5, 5.41) is 10.4. The van der Waals surface area contributed by atoms with Gasteiger partial charge in [0.05, 0.1) is 11.1 Å². The van der Waals surface area contributed by atoms with E-state index in [-0.39, 0.29) is 5.41 Å². The number of aromatic amines is 1. The molecular weight excluding hydrogens is 226 g/mol. The average molecular weight is 245 g/mol. The molecule has 1 aromatic carbocycles. The number of carboxylic acids is 1. The zero-order valence-corrected chi connectivity index (χ0v) is 11.5. The Morgan fingerprint density at radius 2 is 1.83 bits per heavy atom. The summed E-state index contributed by atoms with van der Waals surface area (Å²) in [7, 11) is 0. The molecule has 1 aromatic heterocycles. The van der Waals surface area contributed by atoms with Gasteiger partial charge in [-0.2, -0.15) is 0 Å². The molecule has 3 heteroatoms. The molecule has 0 spiro atoms. The molecule has 0 saturated carbocycles. The van der Waals surface area contributed by atoms with Crippen LogP contribution in [0.2, 0.25) is 0 Å². The van der Waals surface area contributed by atoms with Crippen molar-refractivity contribution in [3.8, 4) is 0 Å². The Balaban J connectivity index is 2.88. The van der Waals surface area contributed by atoms with Gasteiger partial charge in [0.2, 0.25) is 0 Å². The van der Waals surface area contributed by atoms with Gasteiger partial charge < -0.3 is 10.1 Å². The van der Waals surface area contributed by atoms with Crippen LogP contribution in [0, 0.1) is 13.8 Å². The van der Waals surface area contributed by atoms with E-state index >= 15 is 0 Å². The Morgan fingerprint density at radius 3 is 2.33 bits per heavy atom. The van der Waals surface area contributed by atoms with E-state index in [1.165, 1.54) is 0 Å². The Morgan fingerprint density at radius 1 is 1.22 bits per heavy atom. The molecule has 0 unspecified atom stereocenters. The predicted molar refractivity (Wildman–Crippen MR) is 73.4 cm³/mol. The monoisotopic (exact) mass is 245 g/mol. The van der Waals surface area contributed by atoms with Crippen LogP contribution in [0.5, 0.6) is 0 Å². The third kappa shape index (κ3) is 1.90. The van der Waals surface area contributed by atoms with Crippen LogP contribution in [-0.4, -0.2) is 16.1 Å². The first-order valence-electron chi connectivity index (χ1n) is 6.08. The van der Waals surface area contributed by atoms with Crippen molar-refractivity contribution in [2.45, 2.75) is 40.0 Å². The number of nitrogens with one attached hydrogen (secondary N) is 1. The summed E-state index contributed by atoms with van der Waals surface area (Å²) < 4.78 is 0. The lowest BCUT2D eigenvalue weighted by atomic mass is 9.85. The highest BCUT2D eigenvalue weighted by Gasteiger charge is 2.20. The molecule has 0 radical (unpaired) electrons. The van der Waals surface area contributed by atoms with Gasteiger partial charge in [-0.1, -0.05) is 20.8 Å². The predicted octanol–water partition coefficient (Wildman–Crippen LogP) is 3.78. The minimum Gasteiger partial charge on any atom is -0.478 e. The summed E-state index contributed by atoms with van der Waals surface area (Å²) in [5.41, 5.74) is 4.22. The molecule has 0 aliphatic rings. The first-order chi connectivity index (χ1) is 8.21. The zero-order chi connectivity index (χ0) is 13.7. The Kier molecular flexibility index (Phi) is 2.73. The van der Waals surface area contributed by atoms with Crippen molar-refractivity contribution in [2.24, 2.45) is 0 Å². The fourth-order valence-electron chi connectivity index (χ4n) is 2.16. The van der Waals surface area contributed by atoms with Crippen LogP contribution in [-0.2, 0) is 5.41 Å². The van der Waals surface area contributed by atoms with Crippen molar-refractivity contribution in [3.63, 3.8) is 0 Å². The minimum atomic E-state index is -0.882. The maximum atomic E-state index is 11.4. The Labute approximate surface area is 107 Å². The second kappa shape index (κ2) is 3.87. The highest BCUT2D eigenvalue weighted by molar-refractivity contribution is 6.03. The van der Waals surface area contributed by atoms with Crippen LogP contribution >= 0.6 is 0 Å². The van der Waals surface area contributed by atoms with Gasteiger partial charge in [0.1, 0.15) is 0 Å². The summed E-state index contributed by atoms with van der Waals surface area (Å²) in [5.74, 6) is -0.882. The van der Waals surface area contributed by atoms with Crippen LogP contribution in [0.3, 0.4) is 0 Å². The van der Waals surface area contributed by atoms with Crippen LogP contribution in [0.25, 0.3) is 10.9 Å². The minimum absolute atomic E-state index is 0.0595. The number of fused-ring (bicyclic) bond motifs is 1. The molecule has 0 aliphatic carbocycles. The Hall–Kier alpha value is -1.77. The zero-order valence-electron chi connectivity index (χ0n) is 11.5. The van der Waals surface area contributed by atoms with Crippen LogP contribution < -0.4 is 0 Å². The number of rotatable bonds is 1. The van der Waals surface area contributed by atoms with Crippen molar-refractivity contribution in [1.82, 2.24) is 4.98 Å². The summed E-state index contributed by atoms with van der Waals surface area (Å²) in [4.78, 5) is 14.6. The maximum Gasteiger partial charge on any atom is 0.337 e. The fraction of sp³-hybridized carbons (Fsp3) is 0.400. The smallest absolute Gasteiger partial charge is 0.337 e. The quantitative estimate of drug-likeness (QED) is 0.803. The van der Waals surface area contributed by atoms with Gasteiger partial charge in [-0.05, 0) is 42.5 Å². The van der Waals surface area contributed by atoms with E-state index in [0.29, 0.717) is 5.56 Å². The summed E-state index contributed by atoms with van der Waals surface area (Å²) in [6, 6.07) is 3.88. The molecule has 0 amide bonds. The van der Waals surface area contributed by atoms with Crippen molar-refractivity contribution in [3.05, 3.63) is 34.5 Å².